The lowest BCUT2D eigenvalue weighted by molar-refractivity contribution is 0.298. The molecule has 0 aliphatic carbocycles. The number of aromatic hydroxyl groups is 1. The summed E-state index contributed by atoms with van der Waals surface area (Å²) < 4.78 is 9.09. The Balaban J connectivity index is 1.78. The molecule has 25 heavy (non-hydrogen) atoms. The highest BCUT2D eigenvalue weighted by molar-refractivity contribution is 7.22. The predicted molar refractivity (Wildman–Crippen MR) is 99.2 cm³/mol. The largest absolute Gasteiger partial charge is 0.508 e. The van der Waals surface area contributed by atoms with Crippen molar-refractivity contribution in [2.24, 2.45) is 0 Å². The Kier molecular flexibility index (Phi) is 3.11. The molecule has 0 saturated carbocycles. The van der Waals surface area contributed by atoms with Crippen molar-refractivity contribution in [3.8, 4) is 22.9 Å². The van der Waals surface area contributed by atoms with Gasteiger partial charge in [-0.2, -0.15) is 0 Å². The molecule has 0 atom stereocenters. The fourth-order valence-electron chi connectivity index (χ4n) is 3.40. The summed E-state index contributed by atoms with van der Waals surface area (Å²) in [6.45, 7) is 1.53. The van der Waals surface area contributed by atoms with Crippen LogP contribution in [0.25, 0.3) is 32.6 Å². The van der Waals surface area contributed by atoms with Gasteiger partial charge in [0.1, 0.15) is 22.8 Å². The smallest absolute Gasteiger partial charge is 0.181 e. The lowest BCUT2D eigenvalue weighted by atomic mass is 10.2. The number of phenols is 1. The van der Waals surface area contributed by atoms with Crippen LogP contribution in [0.3, 0.4) is 0 Å². The number of imidazole rings is 1. The molecule has 7 heteroatoms. The van der Waals surface area contributed by atoms with Crippen molar-refractivity contribution in [2.45, 2.75) is 19.4 Å². The van der Waals surface area contributed by atoms with Gasteiger partial charge >= 0.3 is 0 Å². The van der Waals surface area contributed by atoms with Crippen molar-refractivity contribution in [1.82, 2.24) is 14.5 Å². The summed E-state index contributed by atoms with van der Waals surface area (Å²) in [5.74, 6) is 1.74. The molecule has 0 fully saturated rings. The second-order valence-electron chi connectivity index (χ2n) is 6.19. The van der Waals surface area contributed by atoms with Crippen LogP contribution in [0.5, 0.6) is 11.5 Å². The van der Waals surface area contributed by atoms with E-state index in [0.29, 0.717) is 17.5 Å². The summed E-state index contributed by atoms with van der Waals surface area (Å²) in [5, 5.41) is 10.6. The van der Waals surface area contributed by atoms with E-state index in [-0.39, 0.29) is 5.75 Å². The zero-order chi connectivity index (χ0) is 17.0. The van der Waals surface area contributed by atoms with Gasteiger partial charge in [0.05, 0.1) is 22.3 Å². The molecule has 0 amide bonds. The third-order valence-electron chi connectivity index (χ3n) is 4.49. The van der Waals surface area contributed by atoms with Crippen molar-refractivity contribution in [2.75, 3.05) is 12.3 Å². The molecular formula is C18H16N4O2S. The first kappa shape index (κ1) is 14.5. The highest BCUT2D eigenvalue weighted by atomic mass is 32.1. The topological polar surface area (TPSA) is 86.2 Å². The fourth-order valence-corrected chi connectivity index (χ4v) is 4.17. The predicted octanol–water partition coefficient (Wildman–Crippen LogP) is 3.77. The molecule has 0 spiro atoms. The molecule has 5 rings (SSSR count). The van der Waals surface area contributed by atoms with Crippen LogP contribution >= 0.6 is 11.3 Å². The van der Waals surface area contributed by atoms with Gasteiger partial charge in [-0.3, -0.25) is 0 Å². The maximum atomic E-state index is 9.99. The number of thiazole rings is 1. The van der Waals surface area contributed by atoms with Gasteiger partial charge in [-0.15, -0.1) is 0 Å². The molecular weight excluding hydrogens is 336 g/mol. The summed E-state index contributed by atoms with van der Waals surface area (Å²) in [7, 11) is 0. The number of phenolic OH excluding ortho intramolecular Hbond substituents is 1. The Morgan fingerprint density at radius 2 is 2.04 bits per heavy atom. The maximum Gasteiger partial charge on any atom is 0.181 e. The normalized spacial score (nSPS) is 14.4. The number of fused-ring (bicyclic) bond motifs is 1. The Hall–Kier alpha value is -2.80. The number of nitrogen functional groups attached to an aromatic ring is 1. The molecule has 0 bridgehead atoms. The molecule has 4 aromatic rings. The number of anilines is 1. The lowest BCUT2D eigenvalue weighted by Gasteiger charge is -2.16. The monoisotopic (exact) mass is 352 g/mol. The number of hydrogen-bond acceptors (Lipinski definition) is 6. The van der Waals surface area contributed by atoms with Crippen LogP contribution in [0.2, 0.25) is 0 Å². The first-order chi connectivity index (χ1) is 12.2. The number of nitrogens with zero attached hydrogens (tertiary/aromatic N) is 3. The highest BCUT2D eigenvalue weighted by Gasteiger charge is 2.19. The molecule has 3 heterocycles. The average Bonchev–Trinajstić information content (AvgIpc) is 3.10. The SMILES string of the molecule is Nc1nc2ccc(-c3nc4cc(O)cc5c4n3CCCCO5)cc2s1. The van der Waals surface area contributed by atoms with Gasteiger partial charge in [0.2, 0.25) is 0 Å². The Labute approximate surface area is 147 Å². The van der Waals surface area contributed by atoms with Crippen LogP contribution in [0.4, 0.5) is 5.13 Å². The van der Waals surface area contributed by atoms with Crippen LogP contribution in [-0.4, -0.2) is 26.2 Å². The van der Waals surface area contributed by atoms with Crippen molar-refractivity contribution >= 4 is 37.7 Å². The zero-order valence-electron chi connectivity index (χ0n) is 13.4. The van der Waals surface area contributed by atoms with Crippen molar-refractivity contribution in [3.63, 3.8) is 0 Å². The quantitative estimate of drug-likeness (QED) is 0.544. The third kappa shape index (κ3) is 2.31. The minimum absolute atomic E-state index is 0.171. The van der Waals surface area contributed by atoms with Gasteiger partial charge in [-0.25, -0.2) is 9.97 Å². The minimum Gasteiger partial charge on any atom is -0.508 e. The first-order valence-corrected chi connectivity index (χ1v) is 9.03. The molecule has 126 valence electrons. The second kappa shape index (κ2) is 5.35. The van der Waals surface area contributed by atoms with Crippen molar-refractivity contribution in [3.05, 3.63) is 30.3 Å². The van der Waals surface area contributed by atoms with E-state index in [4.69, 9.17) is 15.5 Å². The number of ether oxygens (including phenoxy) is 1. The van der Waals surface area contributed by atoms with E-state index in [1.54, 1.807) is 12.1 Å². The van der Waals surface area contributed by atoms with Gasteiger partial charge in [-0.1, -0.05) is 11.3 Å². The maximum absolute atomic E-state index is 9.99. The second-order valence-corrected chi connectivity index (χ2v) is 7.25. The van der Waals surface area contributed by atoms with E-state index in [0.717, 1.165) is 52.0 Å². The van der Waals surface area contributed by atoms with Gasteiger partial charge in [-0.05, 0) is 31.0 Å². The molecule has 0 unspecified atom stereocenters. The van der Waals surface area contributed by atoms with Crippen LogP contribution < -0.4 is 10.5 Å². The van der Waals surface area contributed by atoms with Gasteiger partial charge in [0.25, 0.3) is 0 Å². The Morgan fingerprint density at radius 1 is 1.12 bits per heavy atom. The minimum atomic E-state index is 0.171. The lowest BCUT2D eigenvalue weighted by Crippen LogP contribution is -2.08. The number of aromatic nitrogens is 3. The molecule has 2 aromatic heterocycles. The van der Waals surface area contributed by atoms with Crippen molar-refractivity contribution < 1.29 is 9.84 Å². The summed E-state index contributed by atoms with van der Waals surface area (Å²) in [6.07, 6.45) is 1.99. The average molecular weight is 352 g/mol. The van der Waals surface area contributed by atoms with E-state index in [1.165, 1.54) is 11.3 Å². The van der Waals surface area contributed by atoms with E-state index >= 15 is 0 Å². The first-order valence-electron chi connectivity index (χ1n) is 8.21. The molecule has 0 saturated heterocycles. The van der Waals surface area contributed by atoms with Crippen LogP contribution in [-0.2, 0) is 6.54 Å². The van der Waals surface area contributed by atoms with E-state index in [2.05, 4.69) is 15.6 Å². The summed E-state index contributed by atoms with van der Waals surface area (Å²) in [5.41, 5.74) is 9.42. The van der Waals surface area contributed by atoms with Crippen LogP contribution in [0.1, 0.15) is 12.8 Å². The number of rotatable bonds is 1. The Bertz CT molecular complexity index is 1120. The molecule has 3 N–H and O–H groups in total. The van der Waals surface area contributed by atoms with E-state index in [9.17, 15) is 5.11 Å². The molecule has 2 aromatic carbocycles. The number of nitrogens with two attached hydrogens (primary N) is 1. The highest BCUT2D eigenvalue weighted by Crippen LogP contribution is 2.37. The van der Waals surface area contributed by atoms with Crippen molar-refractivity contribution in [1.29, 1.82) is 0 Å². The molecule has 1 aliphatic heterocycles. The van der Waals surface area contributed by atoms with Gasteiger partial charge < -0.3 is 20.1 Å². The summed E-state index contributed by atoms with van der Waals surface area (Å²) in [6, 6.07) is 9.43. The summed E-state index contributed by atoms with van der Waals surface area (Å²) >= 11 is 1.47. The Morgan fingerprint density at radius 3 is 2.96 bits per heavy atom. The number of aryl methyl sites for hydroxylation is 1. The molecule has 1 aliphatic rings. The van der Waals surface area contributed by atoms with Gasteiger partial charge in [0, 0.05) is 24.2 Å². The zero-order valence-corrected chi connectivity index (χ0v) is 14.2. The number of benzene rings is 2. The van der Waals surface area contributed by atoms with Crippen LogP contribution in [0.15, 0.2) is 30.3 Å². The molecule has 6 nitrogen and oxygen atoms in total. The standard InChI is InChI=1S/C18H16N4O2S/c19-18-21-12-4-3-10(7-15(12)25-18)17-20-13-8-11(23)9-14-16(13)22(17)5-1-2-6-24-14/h3-4,7-9,23H,1-2,5-6H2,(H2,19,21). The van der Waals surface area contributed by atoms with E-state index < -0.39 is 0 Å². The summed E-state index contributed by atoms with van der Waals surface area (Å²) in [4.78, 5) is 9.10. The third-order valence-corrected chi connectivity index (χ3v) is 5.34. The van der Waals surface area contributed by atoms with E-state index in [1.807, 2.05) is 12.1 Å². The number of hydrogen-bond donors (Lipinski definition) is 2. The van der Waals surface area contributed by atoms with Gasteiger partial charge in [0.15, 0.2) is 5.13 Å². The molecule has 0 radical (unpaired) electrons. The van der Waals surface area contributed by atoms with Crippen LogP contribution in [0, 0.1) is 0 Å². The fraction of sp³-hybridized carbons (Fsp3) is 0.222.